The number of esters is 1. The van der Waals surface area contributed by atoms with Gasteiger partial charge in [0.05, 0.1) is 18.1 Å². The lowest BCUT2D eigenvalue weighted by molar-refractivity contribution is 0.0731. The number of benzene rings is 3. The third-order valence-electron chi connectivity index (χ3n) is 4.95. The van der Waals surface area contributed by atoms with Crippen molar-refractivity contribution in [3.63, 3.8) is 0 Å². The molecule has 0 amide bonds. The van der Waals surface area contributed by atoms with Crippen molar-refractivity contribution in [2.45, 2.75) is 13.3 Å². The molecule has 31 heavy (non-hydrogen) atoms. The van der Waals surface area contributed by atoms with Gasteiger partial charge in [-0.15, -0.1) is 0 Å². The lowest BCUT2D eigenvalue weighted by atomic mass is 10.1. The largest absolute Gasteiger partial charge is 0.497 e. The van der Waals surface area contributed by atoms with Gasteiger partial charge in [-0.05, 0) is 72.6 Å². The maximum absolute atomic E-state index is 13.3. The summed E-state index contributed by atoms with van der Waals surface area (Å²) in [6, 6.07) is 18.6. The summed E-state index contributed by atoms with van der Waals surface area (Å²) in [5.74, 6) is -0.0592. The van der Waals surface area contributed by atoms with Gasteiger partial charge in [-0.3, -0.25) is 4.79 Å². The number of hydrogen-bond donors (Lipinski definition) is 0. The fourth-order valence-electron chi connectivity index (χ4n) is 3.21. The van der Waals surface area contributed by atoms with E-state index in [0.29, 0.717) is 27.3 Å². The summed E-state index contributed by atoms with van der Waals surface area (Å²) in [7, 11) is 1.54. The van der Waals surface area contributed by atoms with E-state index in [1.54, 1.807) is 60.7 Å². The second-order valence-corrected chi connectivity index (χ2v) is 7.33. The highest BCUT2D eigenvalue weighted by Gasteiger charge is 2.21. The van der Waals surface area contributed by atoms with E-state index in [0.717, 1.165) is 12.0 Å². The van der Waals surface area contributed by atoms with Crippen LogP contribution in [0.25, 0.3) is 22.3 Å². The van der Waals surface area contributed by atoms with E-state index in [1.165, 1.54) is 7.11 Å². The summed E-state index contributed by atoms with van der Waals surface area (Å²) in [5.41, 5.74) is 1.83. The highest BCUT2D eigenvalue weighted by Crippen LogP contribution is 2.32. The Hall–Kier alpha value is -3.57. The SMILES string of the molecule is CCc1ccc2oc(-c3ccc(Cl)cc3)c(OC(=O)c3ccc(OC)cc3)c(=O)c2c1. The summed E-state index contributed by atoms with van der Waals surface area (Å²) in [6.07, 6.45) is 0.759. The molecule has 156 valence electrons. The molecular formula is C25H19ClO5. The van der Waals surface area contributed by atoms with E-state index in [1.807, 2.05) is 13.0 Å². The number of carbonyl (C=O) groups excluding carboxylic acids is 1. The standard InChI is InChI=1S/C25H19ClO5/c1-3-15-4-13-21-20(14-15)22(27)24(23(30-21)16-5-9-18(26)10-6-16)31-25(28)17-7-11-19(29-2)12-8-17/h4-14H,3H2,1-2H3. The fourth-order valence-corrected chi connectivity index (χ4v) is 3.33. The maximum Gasteiger partial charge on any atom is 0.343 e. The number of halogens is 1. The Kier molecular flexibility index (Phi) is 5.78. The molecule has 0 saturated heterocycles. The first-order chi connectivity index (χ1) is 15.0. The summed E-state index contributed by atoms with van der Waals surface area (Å²) < 4.78 is 16.7. The van der Waals surface area contributed by atoms with Crippen molar-refractivity contribution >= 4 is 28.5 Å². The predicted octanol–water partition coefficient (Wildman–Crippen LogP) is 5.90. The van der Waals surface area contributed by atoms with Crippen LogP contribution in [0, 0.1) is 0 Å². The Morgan fingerprint density at radius 2 is 1.71 bits per heavy atom. The van der Waals surface area contributed by atoms with Crippen LogP contribution in [0.15, 0.2) is 75.9 Å². The van der Waals surface area contributed by atoms with Crippen LogP contribution in [-0.4, -0.2) is 13.1 Å². The molecule has 0 atom stereocenters. The zero-order chi connectivity index (χ0) is 22.0. The molecule has 6 heteroatoms. The van der Waals surface area contributed by atoms with Gasteiger partial charge in [0.25, 0.3) is 0 Å². The van der Waals surface area contributed by atoms with Gasteiger partial charge in [0.2, 0.25) is 11.2 Å². The first-order valence-electron chi connectivity index (χ1n) is 9.72. The number of carbonyl (C=O) groups is 1. The van der Waals surface area contributed by atoms with Crippen LogP contribution >= 0.6 is 11.6 Å². The van der Waals surface area contributed by atoms with Crippen molar-refractivity contribution in [2.24, 2.45) is 0 Å². The van der Waals surface area contributed by atoms with Crippen molar-refractivity contribution in [3.05, 3.63) is 93.1 Å². The van der Waals surface area contributed by atoms with Crippen LogP contribution in [-0.2, 0) is 6.42 Å². The minimum Gasteiger partial charge on any atom is -0.497 e. The van der Waals surface area contributed by atoms with E-state index in [-0.39, 0.29) is 17.1 Å². The molecule has 1 aromatic heterocycles. The molecule has 0 bridgehead atoms. The Morgan fingerprint density at radius 3 is 2.35 bits per heavy atom. The average Bonchev–Trinajstić information content (AvgIpc) is 2.81. The zero-order valence-corrected chi connectivity index (χ0v) is 17.7. The predicted molar refractivity (Wildman–Crippen MR) is 120 cm³/mol. The molecule has 3 aromatic carbocycles. The first kappa shape index (κ1) is 20.7. The molecule has 4 aromatic rings. The molecule has 0 aliphatic heterocycles. The monoisotopic (exact) mass is 434 g/mol. The zero-order valence-electron chi connectivity index (χ0n) is 17.0. The van der Waals surface area contributed by atoms with Crippen LogP contribution < -0.4 is 14.9 Å². The fraction of sp³-hybridized carbons (Fsp3) is 0.120. The lowest BCUT2D eigenvalue weighted by Gasteiger charge is -2.11. The minimum absolute atomic E-state index is 0.163. The minimum atomic E-state index is -0.670. The van der Waals surface area contributed by atoms with Crippen molar-refractivity contribution in [1.82, 2.24) is 0 Å². The van der Waals surface area contributed by atoms with Gasteiger partial charge >= 0.3 is 5.97 Å². The highest BCUT2D eigenvalue weighted by atomic mass is 35.5. The lowest BCUT2D eigenvalue weighted by Crippen LogP contribution is -2.16. The molecule has 5 nitrogen and oxygen atoms in total. The van der Waals surface area contributed by atoms with Crippen molar-refractivity contribution in [2.75, 3.05) is 7.11 Å². The molecule has 0 saturated carbocycles. The number of fused-ring (bicyclic) bond motifs is 1. The van der Waals surface area contributed by atoms with Crippen LogP contribution in [0.1, 0.15) is 22.8 Å². The van der Waals surface area contributed by atoms with Crippen LogP contribution in [0.3, 0.4) is 0 Å². The average molecular weight is 435 g/mol. The molecule has 4 rings (SSSR count). The van der Waals surface area contributed by atoms with Gasteiger partial charge in [-0.25, -0.2) is 4.79 Å². The Morgan fingerprint density at radius 1 is 1.00 bits per heavy atom. The topological polar surface area (TPSA) is 65.7 Å². The van der Waals surface area contributed by atoms with Crippen LogP contribution in [0.5, 0.6) is 11.5 Å². The number of rotatable bonds is 5. The number of hydrogen-bond acceptors (Lipinski definition) is 5. The molecule has 0 spiro atoms. The summed E-state index contributed by atoms with van der Waals surface area (Å²) in [5, 5.41) is 0.894. The molecule has 0 unspecified atom stereocenters. The maximum atomic E-state index is 13.3. The van der Waals surface area contributed by atoms with Gasteiger partial charge in [-0.2, -0.15) is 0 Å². The quantitative estimate of drug-likeness (QED) is 0.366. The summed E-state index contributed by atoms with van der Waals surface area (Å²) >= 11 is 6.00. The molecule has 0 aliphatic carbocycles. The Balaban J connectivity index is 1.86. The molecule has 0 fully saturated rings. The molecule has 0 N–H and O–H groups in total. The van der Waals surface area contributed by atoms with Crippen molar-refractivity contribution in [1.29, 1.82) is 0 Å². The number of aryl methyl sites for hydroxylation is 1. The molecular weight excluding hydrogens is 416 g/mol. The highest BCUT2D eigenvalue weighted by molar-refractivity contribution is 6.30. The van der Waals surface area contributed by atoms with E-state index < -0.39 is 11.4 Å². The van der Waals surface area contributed by atoms with Gasteiger partial charge in [0.1, 0.15) is 11.3 Å². The summed E-state index contributed by atoms with van der Waals surface area (Å²) in [6.45, 7) is 2.00. The van der Waals surface area contributed by atoms with Gasteiger partial charge in [0, 0.05) is 10.6 Å². The Bertz CT molecular complexity index is 1310. The van der Waals surface area contributed by atoms with E-state index in [9.17, 15) is 9.59 Å². The van der Waals surface area contributed by atoms with Gasteiger partial charge in [-0.1, -0.05) is 24.6 Å². The van der Waals surface area contributed by atoms with Crippen molar-refractivity contribution < 1.29 is 18.7 Å². The molecule has 0 aliphatic rings. The summed E-state index contributed by atoms with van der Waals surface area (Å²) in [4.78, 5) is 26.1. The second kappa shape index (κ2) is 8.66. The second-order valence-electron chi connectivity index (χ2n) is 6.90. The van der Waals surface area contributed by atoms with Gasteiger partial charge < -0.3 is 13.9 Å². The van der Waals surface area contributed by atoms with Crippen LogP contribution in [0.2, 0.25) is 5.02 Å². The van der Waals surface area contributed by atoms with E-state index in [4.69, 9.17) is 25.5 Å². The Labute approximate surface area is 183 Å². The number of ether oxygens (including phenoxy) is 2. The third kappa shape index (κ3) is 4.18. The third-order valence-corrected chi connectivity index (χ3v) is 5.20. The first-order valence-corrected chi connectivity index (χ1v) is 10.1. The van der Waals surface area contributed by atoms with E-state index >= 15 is 0 Å². The van der Waals surface area contributed by atoms with Crippen LogP contribution in [0.4, 0.5) is 0 Å². The molecule has 1 heterocycles. The molecule has 0 radical (unpaired) electrons. The smallest absolute Gasteiger partial charge is 0.343 e. The normalized spacial score (nSPS) is 10.8. The van der Waals surface area contributed by atoms with Gasteiger partial charge in [0.15, 0.2) is 5.76 Å². The van der Waals surface area contributed by atoms with E-state index in [2.05, 4.69) is 0 Å². The van der Waals surface area contributed by atoms with Crippen molar-refractivity contribution in [3.8, 4) is 22.8 Å². The number of methoxy groups -OCH3 is 1.